The highest BCUT2D eigenvalue weighted by atomic mass is 32.2. The van der Waals surface area contributed by atoms with Gasteiger partial charge in [-0.05, 0) is 201 Å². The van der Waals surface area contributed by atoms with Crippen molar-refractivity contribution in [1.29, 1.82) is 0 Å². The number of anilines is 11. The molecule has 142 heavy (non-hydrogen) atoms. The normalized spacial score (nSPS) is 14.4. The smallest absolute Gasteiger partial charge is 0.238 e. The van der Waals surface area contributed by atoms with E-state index in [-0.39, 0.29) is 15.7 Å². The van der Waals surface area contributed by atoms with Gasteiger partial charge < -0.3 is 57.2 Å². The van der Waals surface area contributed by atoms with Crippen LogP contribution in [-0.2, 0) is 86.3 Å². The van der Waals surface area contributed by atoms with Gasteiger partial charge in [-0.25, -0.2) is 77.0 Å². The molecule has 0 atom stereocenters. The van der Waals surface area contributed by atoms with Crippen LogP contribution in [0.25, 0.3) is 56.3 Å². The van der Waals surface area contributed by atoms with Crippen molar-refractivity contribution in [3.8, 4) is 56.3 Å². The highest BCUT2D eigenvalue weighted by molar-refractivity contribution is 8.00. The van der Waals surface area contributed by atoms with Crippen LogP contribution >= 0.6 is 115 Å². The number of thioether (sulfide) groups is 5. The molecule has 5 aromatic carbocycles. The van der Waals surface area contributed by atoms with Crippen LogP contribution in [0.15, 0.2) is 205 Å². The van der Waals surface area contributed by atoms with Gasteiger partial charge in [0.05, 0.1) is 62.7 Å². The highest BCUT2D eigenvalue weighted by Crippen LogP contribution is 2.51. The summed E-state index contributed by atoms with van der Waals surface area (Å²) < 4.78 is 46.4. The molecule has 0 saturated carbocycles. The van der Waals surface area contributed by atoms with Crippen LogP contribution in [-0.4, -0.2) is 192 Å². The quantitative estimate of drug-likeness (QED) is 0.0284. The maximum atomic E-state index is 11.6. The maximum absolute atomic E-state index is 11.6. The molecule has 42 heteroatoms. The number of hydrogen-bond acceptors (Lipinski definition) is 37. The number of carbonyl (C=O) groups is 1. The van der Waals surface area contributed by atoms with E-state index in [1.165, 1.54) is 129 Å². The number of thiophene rings is 5. The van der Waals surface area contributed by atoms with E-state index in [9.17, 15) is 21.6 Å². The lowest BCUT2D eigenvalue weighted by atomic mass is 10.1. The van der Waals surface area contributed by atoms with Gasteiger partial charge in [-0.3, -0.25) is 14.6 Å². The molecule has 0 radical (unpaired) electrons. The second-order valence-electron chi connectivity index (χ2n) is 35.8. The molecule has 7 aliphatic rings. The van der Waals surface area contributed by atoms with Crippen LogP contribution in [0, 0.1) is 27.7 Å². The number of sulfonamides is 2. The van der Waals surface area contributed by atoms with E-state index in [0.717, 1.165) is 190 Å². The average molecular weight is 2130 g/mol. The molecule has 22 rings (SSSR count). The topological polar surface area (TPSA) is 379 Å². The number of nitrogens with one attached hydrogen (secondary N) is 8. The molecule has 10 aromatic heterocycles. The summed E-state index contributed by atoms with van der Waals surface area (Å²) in [6.45, 7) is 23.4. The van der Waals surface area contributed by atoms with E-state index >= 15 is 0 Å². The molecule has 1 amide bonds. The number of fused-ring (bicyclic) bond motifs is 15. The molecule has 17 heterocycles. The van der Waals surface area contributed by atoms with Gasteiger partial charge in [-0.1, -0.05) is 30.3 Å². The fraction of sp³-hybridized carbons (Fsp3) is 0.290. The van der Waals surface area contributed by atoms with E-state index in [4.69, 9.17) is 35.2 Å². The van der Waals surface area contributed by atoms with Gasteiger partial charge in [0.1, 0.15) is 0 Å². The molecule has 0 aliphatic carbocycles. The number of benzene rings is 5. The minimum atomic E-state index is -3.77. The van der Waals surface area contributed by atoms with Crippen LogP contribution in [0.1, 0.15) is 77.9 Å². The zero-order valence-corrected chi connectivity index (χ0v) is 90.0. The summed E-state index contributed by atoms with van der Waals surface area (Å²) in [6.07, 6.45) is 9.44. The van der Waals surface area contributed by atoms with Crippen LogP contribution in [0.5, 0.6) is 0 Å². The molecular formula is C100H109N25O5S12. The van der Waals surface area contributed by atoms with Crippen molar-refractivity contribution in [1.82, 2.24) is 85.0 Å². The van der Waals surface area contributed by atoms with Gasteiger partial charge in [0.25, 0.3) is 0 Å². The molecule has 30 nitrogen and oxygen atoms in total. The monoisotopic (exact) mass is 2120 g/mol. The first-order chi connectivity index (χ1) is 68.3. The minimum absolute atomic E-state index is 0.0412. The predicted molar refractivity (Wildman–Crippen MR) is 588 cm³/mol. The second kappa shape index (κ2) is 45.6. The Kier molecular flexibility index (Phi) is 32.7. The van der Waals surface area contributed by atoms with Gasteiger partial charge in [0.15, 0.2) is 0 Å². The van der Waals surface area contributed by atoms with E-state index in [2.05, 4.69) is 229 Å². The molecule has 2 saturated heterocycles. The van der Waals surface area contributed by atoms with Crippen LogP contribution in [0.3, 0.4) is 0 Å². The Hall–Kier alpha value is -10.2. The minimum Gasteiger partial charge on any atom is -0.326 e. The largest absolute Gasteiger partial charge is 0.326 e. The Morgan fingerprint density at radius 3 is 0.894 bits per heavy atom. The number of nitrogens with two attached hydrogens (primary N) is 2. The van der Waals surface area contributed by atoms with Crippen molar-refractivity contribution in [2.75, 3.05) is 127 Å². The lowest BCUT2D eigenvalue weighted by Gasteiger charge is -2.26. The van der Waals surface area contributed by atoms with E-state index in [0.29, 0.717) is 41.1 Å². The van der Waals surface area contributed by atoms with Gasteiger partial charge in [-0.15, -0.1) is 115 Å². The molecule has 736 valence electrons. The predicted octanol–water partition coefficient (Wildman–Crippen LogP) is 20.3. The first-order valence-electron chi connectivity index (χ1n) is 45.9. The van der Waals surface area contributed by atoms with Crippen molar-refractivity contribution in [2.24, 2.45) is 10.3 Å². The number of aryl methyl sites for hydroxylation is 4. The first kappa shape index (κ1) is 102. The fourth-order valence-corrected chi connectivity index (χ4v) is 29.7. The summed E-state index contributed by atoms with van der Waals surface area (Å²) >= 11 is 18.3. The van der Waals surface area contributed by atoms with Gasteiger partial charge in [0.2, 0.25) is 55.7 Å². The lowest BCUT2D eigenvalue weighted by molar-refractivity contribution is -0.114. The average Bonchev–Trinajstić information content (AvgIpc) is 1.63. The molecule has 7 aliphatic heterocycles. The third-order valence-corrected chi connectivity index (χ3v) is 36.5. The van der Waals surface area contributed by atoms with E-state index in [1.807, 2.05) is 135 Å². The van der Waals surface area contributed by atoms with Gasteiger partial charge in [0, 0.05) is 262 Å². The number of carbonyl (C=O) groups excluding carboxylic acids is 1. The van der Waals surface area contributed by atoms with Crippen molar-refractivity contribution in [2.45, 2.75) is 130 Å². The molecule has 0 spiro atoms. The van der Waals surface area contributed by atoms with Crippen LogP contribution in [0.2, 0.25) is 0 Å². The van der Waals surface area contributed by atoms with Gasteiger partial charge >= 0.3 is 0 Å². The molecule has 12 N–H and O–H groups in total. The molecule has 0 bridgehead atoms. The second-order valence-corrected chi connectivity index (χ2v) is 50.1. The third-order valence-electron chi connectivity index (χ3n) is 23.0. The molecule has 2 fully saturated rings. The number of piperazine rings is 2. The zero-order chi connectivity index (χ0) is 99.0. The number of rotatable bonds is 23. The number of amides is 1. The Morgan fingerprint density at radius 1 is 0.352 bits per heavy atom. The first-order valence-corrected chi connectivity index (χ1v) is 58.0. The fourth-order valence-electron chi connectivity index (χ4n) is 16.9. The maximum Gasteiger partial charge on any atom is 0.238 e. The standard InChI is InChI=1S/C22H25N5S2.C20H22N6O2S3.C20H21N5OS2.C20H22N4S2.C18H19N5O2S3/c1-14-7-15(2)9-16(8-14)25-22-24-11-19-21(26-22)18-10-17(29-20(18)13-28-19)12-27-5-3-23-4-6-27;21-31(27,28)15-3-1-2-13(8-15)24-20-23-10-17-19(25-20)16-9-14(30-18(16)12-29-17)11-26-6-4-22-5-7-26;1-12(26)22-13-5-4-6-14(7-13)23-20-21-9-17-19(24-20)16-8-15(10-25(2)3)28-18(16)11-27-17;1-12-5-13(2)7-14(6-12)22-20-21-9-17-19(23-20)16-8-15(10-24(3)4)26-18(16)11-25-17;1-23(2)9-12-7-14-16(27-12)10-26-15-8-20-18(22-17(14)15)21-11-4-3-5-13(6-11)28(19,24)25/h7-11,23H,3-6,12-13H2,1-2H3,(H,24,25,26);1-3,8-10,22H,4-7,11-12H2,(H2,21,27,28)(H,23,24,25);4-9H,10-11H2,1-3H3,(H,22,26)(H,21,23,24);5-9H,10-11H2,1-4H3,(H,21,22,23);3-8H,9-10H2,1-2H3,(H2,19,24,25)(H,20,21,22). The van der Waals surface area contributed by atoms with Crippen LogP contribution in [0.4, 0.5) is 63.9 Å². The summed E-state index contributed by atoms with van der Waals surface area (Å²) in [6, 6.07) is 44.4. The van der Waals surface area contributed by atoms with E-state index < -0.39 is 20.0 Å². The number of primary sulfonamides is 2. The lowest BCUT2D eigenvalue weighted by Crippen LogP contribution is -2.42. The number of aromatic nitrogens is 10. The zero-order valence-electron chi connectivity index (χ0n) is 80.2. The van der Waals surface area contributed by atoms with Crippen molar-refractivity contribution in [3.63, 3.8) is 0 Å². The third kappa shape index (κ3) is 26.3. The summed E-state index contributed by atoms with van der Waals surface area (Å²) in [4.78, 5) is 88.5. The van der Waals surface area contributed by atoms with Crippen molar-refractivity contribution in [3.05, 3.63) is 242 Å². The van der Waals surface area contributed by atoms with Crippen molar-refractivity contribution < 1.29 is 21.6 Å². The molecule has 15 aromatic rings. The Morgan fingerprint density at radius 2 is 0.613 bits per heavy atom. The number of nitrogens with zero attached hydrogens (tertiary/aromatic N) is 15. The summed E-state index contributed by atoms with van der Waals surface area (Å²) in [5, 5.41) is 36.3. The summed E-state index contributed by atoms with van der Waals surface area (Å²) in [5.74, 6) is 7.45. The molecular weight excluding hydrogens is 2020 g/mol. The summed E-state index contributed by atoms with van der Waals surface area (Å²) in [5.41, 5.74) is 20.7. The van der Waals surface area contributed by atoms with Gasteiger partial charge in [-0.2, -0.15) is 0 Å². The van der Waals surface area contributed by atoms with Crippen LogP contribution < -0.4 is 52.8 Å². The number of hydrogen-bond donors (Lipinski definition) is 10. The summed E-state index contributed by atoms with van der Waals surface area (Å²) in [7, 11) is 4.96. The Bertz CT molecular complexity index is 7360. The Balaban J connectivity index is 0.000000117. The SMILES string of the molecule is CC(=O)Nc1cccc(Nc2ncc3c(n2)-c2cc(CN(C)C)sc2CS3)c1.CN(C)Cc1cc2c(s1)CSc1cnc(Nc3cccc(S(N)(=O)=O)c3)nc1-2.Cc1cc(C)cc(Nc2ncc3c(n2)-c2cc(CN(C)C)sc2CS3)c1.Cc1cc(C)cc(Nc2ncc3c(n2)-c2cc(CN4CCNCC4)sc2CS3)c1.NS(=O)(=O)c1cccc(Nc2ncc3c(n2)-c2cc(CN4CCNCC4)sc2CS3)c1. The Labute approximate surface area is 869 Å². The highest BCUT2D eigenvalue weighted by Gasteiger charge is 2.31. The van der Waals surface area contributed by atoms with E-state index in [1.54, 1.807) is 59.6 Å². The molecule has 0 unspecified atom stereocenters. The van der Waals surface area contributed by atoms with Crippen molar-refractivity contribution >= 4 is 205 Å².